The number of aliphatic hydroxyl groups is 2. The average Bonchev–Trinajstić information content (AvgIpc) is 2.81. The summed E-state index contributed by atoms with van der Waals surface area (Å²) in [4.78, 5) is 26.2. The summed E-state index contributed by atoms with van der Waals surface area (Å²) in [5.41, 5.74) is 0. The average molecular weight is 488 g/mol. The van der Waals surface area contributed by atoms with Crippen molar-refractivity contribution in [3.8, 4) is 0 Å². The largest absolute Gasteiger partial charge is 0.462 e. The van der Waals surface area contributed by atoms with E-state index in [1.807, 2.05) is 0 Å². The molecule has 0 spiro atoms. The summed E-state index contributed by atoms with van der Waals surface area (Å²) in [6.07, 6.45) is 15.1. The molecule has 0 aromatic heterocycles. The summed E-state index contributed by atoms with van der Waals surface area (Å²) in [5.74, 6) is -0.541. The van der Waals surface area contributed by atoms with Gasteiger partial charge in [0.1, 0.15) is 12.2 Å². The van der Waals surface area contributed by atoms with Crippen molar-refractivity contribution >= 4 is 11.9 Å². The molecule has 0 saturated carbocycles. The van der Waals surface area contributed by atoms with E-state index in [-0.39, 0.29) is 37.7 Å². The number of esters is 2. The SMILES string of the molecule is CCCCCCCCC(CCCCCC)OC(=O)CCCCC(=O)OC(CO)CN(C)CCO. The van der Waals surface area contributed by atoms with E-state index in [0.29, 0.717) is 32.4 Å². The van der Waals surface area contributed by atoms with E-state index in [4.69, 9.17) is 14.6 Å². The van der Waals surface area contributed by atoms with Gasteiger partial charge in [0.2, 0.25) is 0 Å². The van der Waals surface area contributed by atoms with Gasteiger partial charge in [-0.15, -0.1) is 0 Å². The molecule has 0 aromatic rings. The van der Waals surface area contributed by atoms with Crippen LogP contribution in [-0.4, -0.2) is 72.6 Å². The fraction of sp³-hybridized carbons (Fsp3) is 0.926. The number of ether oxygens (including phenoxy) is 2. The van der Waals surface area contributed by atoms with Gasteiger partial charge in [-0.3, -0.25) is 9.59 Å². The molecule has 0 bridgehead atoms. The van der Waals surface area contributed by atoms with E-state index in [2.05, 4.69) is 13.8 Å². The molecule has 0 aromatic carbocycles. The van der Waals surface area contributed by atoms with Gasteiger partial charge in [0.15, 0.2) is 0 Å². The van der Waals surface area contributed by atoms with Crippen LogP contribution in [0.2, 0.25) is 0 Å². The van der Waals surface area contributed by atoms with Crippen molar-refractivity contribution in [3.05, 3.63) is 0 Å². The molecule has 2 unspecified atom stereocenters. The molecular weight excluding hydrogens is 434 g/mol. The summed E-state index contributed by atoms with van der Waals surface area (Å²) in [6, 6.07) is 0. The molecular formula is C27H53NO6. The molecule has 202 valence electrons. The summed E-state index contributed by atoms with van der Waals surface area (Å²) < 4.78 is 11.1. The van der Waals surface area contributed by atoms with Gasteiger partial charge in [0.05, 0.1) is 13.2 Å². The van der Waals surface area contributed by atoms with Crippen molar-refractivity contribution in [2.75, 3.05) is 33.4 Å². The van der Waals surface area contributed by atoms with E-state index in [1.165, 1.54) is 51.4 Å². The smallest absolute Gasteiger partial charge is 0.306 e. The minimum atomic E-state index is -0.607. The molecule has 34 heavy (non-hydrogen) atoms. The molecule has 7 nitrogen and oxygen atoms in total. The van der Waals surface area contributed by atoms with Gasteiger partial charge in [-0.1, -0.05) is 65.2 Å². The zero-order chi connectivity index (χ0) is 25.4. The Labute approximate surface area is 208 Å². The predicted molar refractivity (Wildman–Crippen MR) is 137 cm³/mol. The Morgan fingerprint density at radius 3 is 1.68 bits per heavy atom. The van der Waals surface area contributed by atoms with Crippen LogP contribution in [0.4, 0.5) is 0 Å². The first-order valence-corrected chi connectivity index (χ1v) is 13.8. The molecule has 0 radical (unpaired) electrons. The van der Waals surface area contributed by atoms with Crippen molar-refractivity contribution in [2.24, 2.45) is 0 Å². The first-order chi connectivity index (χ1) is 16.5. The standard InChI is InChI=1S/C27H53NO6/c1-4-6-8-10-11-13-17-24(16-12-9-7-5-2)33-26(31)18-14-15-19-27(32)34-25(23-30)22-28(3)20-21-29/h24-25,29-30H,4-23H2,1-3H3. The van der Waals surface area contributed by atoms with E-state index in [9.17, 15) is 14.7 Å². The second-order valence-corrected chi connectivity index (χ2v) is 9.51. The third-order valence-electron chi connectivity index (χ3n) is 6.07. The van der Waals surface area contributed by atoms with Gasteiger partial charge in [0.25, 0.3) is 0 Å². The molecule has 0 heterocycles. The summed E-state index contributed by atoms with van der Waals surface area (Å²) in [6.45, 7) is 4.99. The zero-order valence-corrected chi connectivity index (χ0v) is 22.3. The Kier molecular flexibility index (Phi) is 22.7. The lowest BCUT2D eigenvalue weighted by Crippen LogP contribution is -2.36. The molecule has 0 aliphatic heterocycles. The van der Waals surface area contributed by atoms with Gasteiger partial charge < -0.3 is 24.6 Å². The summed E-state index contributed by atoms with van der Waals surface area (Å²) in [7, 11) is 1.79. The lowest BCUT2D eigenvalue weighted by atomic mass is 10.0. The van der Waals surface area contributed by atoms with Crippen LogP contribution in [0.25, 0.3) is 0 Å². The number of rotatable bonds is 24. The van der Waals surface area contributed by atoms with E-state index >= 15 is 0 Å². The quantitative estimate of drug-likeness (QED) is 0.146. The number of likely N-dealkylation sites (N-methyl/N-ethyl adjacent to an activating group) is 1. The molecule has 0 fully saturated rings. The van der Waals surface area contributed by atoms with Crippen LogP contribution in [-0.2, 0) is 19.1 Å². The minimum Gasteiger partial charge on any atom is -0.462 e. The predicted octanol–water partition coefficient (Wildman–Crippen LogP) is 5.01. The van der Waals surface area contributed by atoms with E-state index < -0.39 is 6.10 Å². The number of hydrogen-bond acceptors (Lipinski definition) is 7. The molecule has 2 N–H and O–H groups in total. The third kappa shape index (κ3) is 20.2. The van der Waals surface area contributed by atoms with Gasteiger partial charge in [0, 0.05) is 25.9 Å². The molecule has 0 aliphatic carbocycles. The molecule has 0 saturated heterocycles. The summed E-state index contributed by atoms with van der Waals surface area (Å²) >= 11 is 0. The minimum absolute atomic E-state index is 0.0112. The Morgan fingerprint density at radius 1 is 0.706 bits per heavy atom. The Hall–Kier alpha value is -1.18. The van der Waals surface area contributed by atoms with Crippen LogP contribution in [0.5, 0.6) is 0 Å². The van der Waals surface area contributed by atoms with Gasteiger partial charge >= 0.3 is 11.9 Å². The Bertz CT molecular complexity index is 488. The maximum Gasteiger partial charge on any atom is 0.306 e. The number of carbonyl (C=O) groups is 2. The highest BCUT2D eigenvalue weighted by Gasteiger charge is 2.17. The van der Waals surface area contributed by atoms with Crippen molar-refractivity contribution in [3.63, 3.8) is 0 Å². The number of aliphatic hydroxyl groups excluding tert-OH is 2. The van der Waals surface area contributed by atoms with Crippen molar-refractivity contribution in [1.82, 2.24) is 4.90 Å². The van der Waals surface area contributed by atoms with Crippen molar-refractivity contribution < 1.29 is 29.3 Å². The van der Waals surface area contributed by atoms with Crippen LogP contribution in [0.3, 0.4) is 0 Å². The van der Waals surface area contributed by atoms with Crippen molar-refractivity contribution in [1.29, 1.82) is 0 Å². The lowest BCUT2D eigenvalue weighted by Gasteiger charge is -2.22. The Balaban J connectivity index is 4.20. The second-order valence-electron chi connectivity index (χ2n) is 9.51. The van der Waals surface area contributed by atoms with Crippen LogP contribution >= 0.6 is 0 Å². The maximum absolute atomic E-state index is 12.4. The van der Waals surface area contributed by atoms with E-state index in [1.54, 1.807) is 11.9 Å². The first-order valence-electron chi connectivity index (χ1n) is 13.8. The highest BCUT2D eigenvalue weighted by atomic mass is 16.6. The highest BCUT2D eigenvalue weighted by Crippen LogP contribution is 2.17. The van der Waals surface area contributed by atoms with Crippen LogP contribution in [0.1, 0.15) is 117 Å². The summed E-state index contributed by atoms with van der Waals surface area (Å²) in [5, 5.41) is 18.3. The van der Waals surface area contributed by atoms with Gasteiger partial charge in [-0.05, 0) is 45.6 Å². The second kappa shape index (κ2) is 23.6. The third-order valence-corrected chi connectivity index (χ3v) is 6.07. The topological polar surface area (TPSA) is 96.3 Å². The highest BCUT2D eigenvalue weighted by molar-refractivity contribution is 5.70. The lowest BCUT2D eigenvalue weighted by molar-refractivity contribution is -0.153. The van der Waals surface area contributed by atoms with Crippen LogP contribution in [0.15, 0.2) is 0 Å². The number of unbranched alkanes of at least 4 members (excludes halogenated alkanes) is 9. The fourth-order valence-corrected chi connectivity index (χ4v) is 3.98. The van der Waals surface area contributed by atoms with Crippen LogP contribution in [0, 0.1) is 0 Å². The molecule has 2 atom stereocenters. The monoisotopic (exact) mass is 487 g/mol. The maximum atomic E-state index is 12.4. The molecule has 0 amide bonds. The van der Waals surface area contributed by atoms with Crippen LogP contribution < -0.4 is 0 Å². The normalized spacial score (nSPS) is 13.1. The van der Waals surface area contributed by atoms with Crippen molar-refractivity contribution in [2.45, 2.75) is 129 Å². The van der Waals surface area contributed by atoms with Gasteiger partial charge in [-0.25, -0.2) is 0 Å². The molecule has 7 heteroatoms. The Morgan fingerprint density at radius 2 is 1.18 bits per heavy atom. The van der Waals surface area contributed by atoms with E-state index in [0.717, 1.165) is 25.7 Å². The molecule has 0 aliphatic rings. The fourth-order valence-electron chi connectivity index (χ4n) is 3.98. The van der Waals surface area contributed by atoms with Gasteiger partial charge in [-0.2, -0.15) is 0 Å². The zero-order valence-electron chi connectivity index (χ0n) is 22.3. The molecule has 0 rings (SSSR count). The first kappa shape index (κ1) is 32.8. The number of nitrogens with zero attached hydrogens (tertiary/aromatic N) is 1. The number of hydrogen-bond donors (Lipinski definition) is 2. The number of carbonyl (C=O) groups excluding carboxylic acids is 2.